The van der Waals surface area contributed by atoms with E-state index < -0.39 is 5.60 Å². The number of likely N-dealkylation sites (tertiary alicyclic amines) is 1. The molecule has 3 aromatic rings. The molecule has 0 N–H and O–H groups in total. The molecule has 0 aliphatic carbocycles. The zero-order valence-electron chi connectivity index (χ0n) is 19.7. The van der Waals surface area contributed by atoms with E-state index in [1.54, 1.807) is 4.90 Å². The van der Waals surface area contributed by atoms with Crippen molar-refractivity contribution in [3.63, 3.8) is 0 Å². The third-order valence-electron chi connectivity index (χ3n) is 6.79. The Balaban J connectivity index is 1.27. The Morgan fingerprint density at radius 3 is 2.62 bits per heavy atom. The van der Waals surface area contributed by atoms with Gasteiger partial charge in [0.05, 0.1) is 17.9 Å². The summed E-state index contributed by atoms with van der Waals surface area (Å²) >= 11 is 0. The second kappa shape index (κ2) is 8.97. The smallest absolute Gasteiger partial charge is 0.410 e. The quantitative estimate of drug-likeness (QED) is 0.577. The lowest BCUT2D eigenvalue weighted by atomic mass is 9.95. The fourth-order valence-corrected chi connectivity index (χ4v) is 5.09. The molecule has 7 nitrogen and oxygen atoms in total. The van der Waals surface area contributed by atoms with Crippen LogP contribution in [0.3, 0.4) is 0 Å². The van der Waals surface area contributed by atoms with Gasteiger partial charge in [0.2, 0.25) is 0 Å². The molecule has 2 amide bonds. The maximum Gasteiger partial charge on any atom is 0.410 e. The van der Waals surface area contributed by atoms with E-state index >= 15 is 0 Å². The van der Waals surface area contributed by atoms with Crippen molar-refractivity contribution in [1.29, 1.82) is 0 Å². The van der Waals surface area contributed by atoms with Gasteiger partial charge in [-0.1, -0.05) is 36.4 Å². The van der Waals surface area contributed by atoms with Crippen LogP contribution in [0.1, 0.15) is 46.6 Å². The standard InChI is InChI=1S/C27H30N4O3/c1-20-16-21(2)31(28-20)24-11-6-10-23(17-24)25(32)29-14-7-12-27(13-15-29)19-30(26(33)34-27)18-22-8-4-3-5-9-22/h3-6,8-11,16-17H,7,12-15,18-19H2,1-2H3/t27-/m1/s1. The van der Waals surface area contributed by atoms with E-state index in [9.17, 15) is 9.59 Å². The largest absolute Gasteiger partial charge is 0.441 e. The number of benzene rings is 2. The highest BCUT2D eigenvalue weighted by molar-refractivity contribution is 5.94. The predicted octanol–water partition coefficient (Wildman–Crippen LogP) is 4.51. The average Bonchev–Trinajstić information content (AvgIpc) is 3.24. The van der Waals surface area contributed by atoms with Crippen molar-refractivity contribution in [2.24, 2.45) is 0 Å². The molecule has 0 radical (unpaired) electrons. The van der Waals surface area contributed by atoms with Crippen LogP contribution < -0.4 is 0 Å². The SMILES string of the molecule is Cc1cc(C)n(-c2cccc(C(=O)N3CCC[C@@]4(CC3)CN(Cc3ccccc3)C(=O)O4)c2)n1. The summed E-state index contributed by atoms with van der Waals surface area (Å²) in [5.74, 6) is 0.00546. The monoisotopic (exact) mass is 458 g/mol. The van der Waals surface area contributed by atoms with Crippen LogP contribution in [0, 0.1) is 13.8 Å². The number of carbonyl (C=O) groups excluding carboxylic acids is 2. The van der Waals surface area contributed by atoms with Crippen LogP contribution in [-0.4, -0.2) is 56.8 Å². The summed E-state index contributed by atoms with van der Waals surface area (Å²) in [5.41, 5.74) is 4.07. The molecular weight excluding hydrogens is 428 g/mol. The zero-order valence-corrected chi connectivity index (χ0v) is 19.7. The van der Waals surface area contributed by atoms with Gasteiger partial charge in [0.15, 0.2) is 0 Å². The van der Waals surface area contributed by atoms with Gasteiger partial charge >= 0.3 is 6.09 Å². The van der Waals surface area contributed by atoms with Gasteiger partial charge in [-0.15, -0.1) is 0 Å². The van der Waals surface area contributed by atoms with E-state index in [-0.39, 0.29) is 12.0 Å². The minimum absolute atomic E-state index is 0.00546. The molecule has 2 aliphatic heterocycles. The molecule has 1 aromatic heterocycles. The van der Waals surface area contributed by atoms with Gasteiger partial charge in [0.1, 0.15) is 5.60 Å². The third-order valence-corrected chi connectivity index (χ3v) is 6.79. The fourth-order valence-electron chi connectivity index (χ4n) is 5.09. The number of aromatic nitrogens is 2. The number of nitrogens with zero attached hydrogens (tertiary/aromatic N) is 4. The van der Waals surface area contributed by atoms with Crippen molar-refractivity contribution in [3.8, 4) is 5.69 Å². The molecule has 176 valence electrons. The first-order valence-corrected chi connectivity index (χ1v) is 11.9. The van der Waals surface area contributed by atoms with Gasteiger partial charge in [-0.05, 0) is 56.5 Å². The molecule has 7 heteroatoms. The summed E-state index contributed by atoms with van der Waals surface area (Å²) in [4.78, 5) is 29.7. The van der Waals surface area contributed by atoms with Crippen LogP contribution in [0.4, 0.5) is 4.79 Å². The number of aryl methyl sites for hydroxylation is 2. The fraction of sp³-hybridized carbons (Fsp3) is 0.370. The summed E-state index contributed by atoms with van der Waals surface area (Å²) < 4.78 is 7.78. The first-order chi connectivity index (χ1) is 16.4. The minimum atomic E-state index is -0.521. The van der Waals surface area contributed by atoms with E-state index in [0.29, 0.717) is 38.2 Å². The first-order valence-electron chi connectivity index (χ1n) is 11.9. The highest BCUT2D eigenvalue weighted by atomic mass is 16.6. The van der Waals surface area contributed by atoms with Crippen LogP contribution in [-0.2, 0) is 11.3 Å². The molecule has 5 rings (SSSR count). The molecule has 0 unspecified atom stereocenters. The summed E-state index contributed by atoms with van der Waals surface area (Å²) in [5, 5.41) is 4.54. The van der Waals surface area contributed by atoms with Crippen molar-refractivity contribution >= 4 is 12.0 Å². The van der Waals surface area contributed by atoms with Gasteiger partial charge in [-0.3, -0.25) is 9.69 Å². The lowest BCUT2D eigenvalue weighted by Gasteiger charge is -2.25. The zero-order chi connectivity index (χ0) is 23.7. The molecule has 34 heavy (non-hydrogen) atoms. The number of amides is 2. The highest BCUT2D eigenvalue weighted by Crippen LogP contribution is 2.34. The lowest BCUT2D eigenvalue weighted by Crippen LogP contribution is -2.37. The number of ether oxygens (including phenoxy) is 1. The summed E-state index contributed by atoms with van der Waals surface area (Å²) in [6.07, 6.45) is 1.95. The Morgan fingerprint density at radius 1 is 1.03 bits per heavy atom. The molecule has 3 heterocycles. The van der Waals surface area contributed by atoms with Crippen molar-refractivity contribution in [1.82, 2.24) is 19.6 Å². The van der Waals surface area contributed by atoms with Crippen LogP contribution >= 0.6 is 0 Å². The number of hydrogen-bond donors (Lipinski definition) is 0. The summed E-state index contributed by atoms with van der Waals surface area (Å²) in [6, 6.07) is 19.6. The molecule has 0 saturated carbocycles. The minimum Gasteiger partial charge on any atom is -0.441 e. The van der Waals surface area contributed by atoms with E-state index in [1.165, 1.54) is 0 Å². The number of carbonyl (C=O) groups is 2. The molecule has 2 aromatic carbocycles. The Morgan fingerprint density at radius 2 is 1.85 bits per heavy atom. The summed E-state index contributed by atoms with van der Waals surface area (Å²) in [6.45, 7) is 6.30. The molecule has 2 aliphatic rings. The van der Waals surface area contributed by atoms with E-state index in [2.05, 4.69) is 5.10 Å². The second-order valence-electron chi connectivity index (χ2n) is 9.43. The molecule has 1 spiro atoms. The van der Waals surface area contributed by atoms with Crippen LogP contribution in [0.5, 0.6) is 0 Å². The lowest BCUT2D eigenvalue weighted by molar-refractivity contribution is 0.0438. The van der Waals surface area contributed by atoms with Crippen LogP contribution in [0.25, 0.3) is 5.69 Å². The van der Waals surface area contributed by atoms with E-state index in [0.717, 1.165) is 35.5 Å². The topological polar surface area (TPSA) is 67.7 Å². The molecule has 0 bridgehead atoms. The van der Waals surface area contributed by atoms with Gasteiger partial charge in [-0.2, -0.15) is 5.10 Å². The Kier molecular flexibility index (Phi) is 5.86. The maximum atomic E-state index is 13.4. The Labute approximate surface area is 199 Å². The Bertz CT molecular complexity index is 1210. The van der Waals surface area contributed by atoms with Crippen molar-refractivity contribution in [2.45, 2.75) is 45.3 Å². The van der Waals surface area contributed by atoms with Gasteiger partial charge in [-0.25, -0.2) is 9.48 Å². The van der Waals surface area contributed by atoms with E-state index in [1.807, 2.05) is 84.1 Å². The Hall–Kier alpha value is -3.61. The highest BCUT2D eigenvalue weighted by Gasteiger charge is 2.46. The maximum absolute atomic E-state index is 13.4. The number of rotatable bonds is 4. The summed E-state index contributed by atoms with van der Waals surface area (Å²) in [7, 11) is 0. The van der Waals surface area contributed by atoms with Crippen LogP contribution in [0.2, 0.25) is 0 Å². The van der Waals surface area contributed by atoms with Gasteiger partial charge < -0.3 is 9.64 Å². The molecular formula is C27H30N4O3. The van der Waals surface area contributed by atoms with Crippen molar-refractivity contribution in [2.75, 3.05) is 19.6 Å². The predicted molar refractivity (Wildman–Crippen MR) is 129 cm³/mol. The van der Waals surface area contributed by atoms with Gasteiger partial charge in [0, 0.05) is 37.3 Å². The second-order valence-corrected chi connectivity index (χ2v) is 9.43. The van der Waals surface area contributed by atoms with Gasteiger partial charge in [0.25, 0.3) is 5.91 Å². The molecule has 2 saturated heterocycles. The molecule has 1 atom stereocenters. The van der Waals surface area contributed by atoms with Crippen LogP contribution in [0.15, 0.2) is 60.7 Å². The van der Waals surface area contributed by atoms with E-state index in [4.69, 9.17) is 4.74 Å². The molecule has 2 fully saturated rings. The average molecular weight is 459 g/mol. The normalized spacial score (nSPS) is 20.5. The number of hydrogen-bond acceptors (Lipinski definition) is 4. The van der Waals surface area contributed by atoms with Crippen molar-refractivity contribution in [3.05, 3.63) is 83.2 Å². The first kappa shape index (κ1) is 22.2. The van der Waals surface area contributed by atoms with Crippen molar-refractivity contribution < 1.29 is 14.3 Å². The third kappa shape index (κ3) is 4.42.